The topological polar surface area (TPSA) is 49.4 Å². The van der Waals surface area contributed by atoms with E-state index in [1.165, 1.54) is 6.26 Å². The second-order valence-electron chi connectivity index (χ2n) is 4.03. The quantitative estimate of drug-likeness (QED) is 0.839. The Morgan fingerprint density at radius 2 is 1.75 bits per heavy atom. The van der Waals surface area contributed by atoms with Crippen LogP contribution in [0.25, 0.3) is 0 Å². The van der Waals surface area contributed by atoms with Crippen LogP contribution in [-0.2, 0) is 9.84 Å². The average molecular weight is 242 g/mol. The molecular formula is C11H18N2O2S. The van der Waals surface area contributed by atoms with Crippen LogP contribution in [0.4, 0.5) is 5.69 Å². The minimum atomic E-state index is -3.09. The summed E-state index contributed by atoms with van der Waals surface area (Å²) >= 11 is 0. The molecule has 1 N–H and O–H groups in total. The lowest BCUT2D eigenvalue weighted by molar-refractivity contribution is 0.425. The minimum absolute atomic E-state index is 0.352. The maximum absolute atomic E-state index is 11.2. The Hall–Kier alpha value is -1.07. The molecule has 0 aliphatic rings. The van der Waals surface area contributed by atoms with Crippen LogP contribution in [-0.4, -0.2) is 46.8 Å². The first-order chi connectivity index (χ1) is 7.39. The van der Waals surface area contributed by atoms with Gasteiger partial charge in [-0.05, 0) is 38.4 Å². The normalized spacial score (nSPS) is 11.8. The number of hydrogen-bond acceptors (Lipinski definition) is 4. The number of anilines is 1. The summed E-state index contributed by atoms with van der Waals surface area (Å²) in [5.74, 6) is 0. The summed E-state index contributed by atoms with van der Waals surface area (Å²) in [5, 5.41) is 3.22. The van der Waals surface area contributed by atoms with E-state index in [1.54, 1.807) is 24.3 Å². The molecular weight excluding hydrogens is 224 g/mol. The summed E-state index contributed by atoms with van der Waals surface area (Å²) in [6, 6.07) is 6.80. The van der Waals surface area contributed by atoms with Crippen molar-refractivity contribution in [3.05, 3.63) is 24.3 Å². The van der Waals surface area contributed by atoms with Crippen molar-refractivity contribution >= 4 is 15.5 Å². The van der Waals surface area contributed by atoms with Crippen molar-refractivity contribution < 1.29 is 8.42 Å². The SMILES string of the molecule is CN(C)CCNc1ccc(S(C)(=O)=O)cc1. The Morgan fingerprint density at radius 3 is 2.19 bits per heavy atom. The van der Waals surface area contributed by atoms with Crippen LogP contribution in [0.15, 0.2) is 29.2 Å². The molecule has 1 rings (SSSR count). The van der Waals surface area contributed by atoms with Crippen molar-refractivity contribution in [2.45, 2.75) is 4.90 Å². The Labute approximate surface area is 97.2 Å². The van der Waals surface area contributed by atoms with Gasteiger partial charge >= 0.3 is 0 Å². The third kappa shape index (κ3) is 4.20. The maximum atomic E-state index is 11.2. The molecule has 1 aromatic rings. The third-order valence-electron chi connectivity index (χ3n) is 2.17. The van der Waals surface area contributed by atoms with E-state index in [0.29, 0.717) is 4.90 Å². The molecule has 0 heterocycles. The molecule has 0 aromatic heterocycles. The van der Waals surface area contributed by atoms with E-state index in [0.717, 1.165) is 18.8 Å². The van der Waals surface area contributed by atoms with Crippen LogP contribution < -0.4 is 5.32 Å². The number of sulfone groups is 1. The van der Waals surface area contributed by atoms with E-state index in [1.807, 2.05) is 14.1 Å². The van der Waals surface area contributed by atoms with Gasteiger partial charge in [-0.25, -0.2) is 8.42 Å². The molecule has 0 saturated heterocycles. The monoisotopic (exact) mass is 242 g/mol. The van der Waals surface area contributed by atoms with E-state index < -0.39 is 9.84 Å². The van der Waals surface area contributed by atoms with Crippen LogP contribution >= 0.6 is 0 Å². The van der Waals surface area contributed by atoms with Crippen LogP contribution in [0.1, 0.15) is 0 Å². The fourth-order valence-electron chi connectivity index (χ4n) is 1.24. The molecule has 0 radical (unpaired) electrons. The van der Waals surface area contributed by atoms with Crippen LogP contribution in [0.5, 0.6) is 0 Å². The fourth-order valence-corrected chi connectivity index (χ4v) is 1.87. The van der Waals surface area contributed by atoms with E-state index in [4.69, 9.17) is 0 Å². The van der Waals surface area contributed by atoms with Gasteiger partial charge in [-0.1, -0.05) is 0 Å². The summed E-state index contributed by atoms with van der Waals surface area (Å²) < 4.78 is 22.4. The predicted octanol–water partition coefficient (Wildman–Crippen LogP) is 1.06. The summed E-state index contributed by atoms with van der Waals surface area (Å²) in [4.78, 5) is 2.43. The molecule has 0 aliphatic heterocycles. The first kappa shape index (κ1) is 13.0. The first-order valence-electron chi connectivity index (χ1n) is 5.08. The van der Waals surface area contributed by atoms with E-state index >= 15 is 0 Å². The molecule has 0 atom stereocenters. The lowest BCUT2D eigenvalue weighted by Crippen LogP contribution is -2.20. The van der Waals surface area contributed by atoms with E-state index in [9.17, 15) is 8.42 Å². The molecule has 90 valence electrons. The molecule has 5 heteroatoms. The fraction of sp³-hybridized carbons (Fsp3) is 0.455. The van der Waals surface area contributed by atoms with Gasteiger partial charge in [-0.3, -0.25) is 0 Å². The van der Waals surface area contributed by atoms with E-state index in [-0.39, 0.29) is 0 Å². The second-order valence-corrected chi connectivity index (χ2v) is 6.04. The first-order valence-corrected chi connectivity index (χ1v) is 6.97. The molecule has 0 saturated carbocycles. The molecule has 16 heavy (non-hydrogen) atoms. The zero-order valence-electron chi connectivity index (χ0n) is 9.90. The highest BCUT2D eigenvalue weighted by molar-refractivity contribution is 7.90. The number of benzene rings is 1. The molecule has 0 bridgehead atoms. The molecule has 0 spiro atoms. The lowest BCUT2D eigenvalue weighted by atomic mass is 10.3. The highest BCUT2D eigenvalue weighted by Gasteiger charge is 2.05. The van der Waals surface area contributed by atoms with Gasteiger partial charge in [0.15, 0.2) is 9.84 Å². The van der Waals surface area contributed by atoms with Crippen molar-refractivity contribution in [3.63, 3.8) is 0 Å². The van der Waals surface area contributed by atoms with E-state index in [2.05, 4.69) is 10.2 Å². The third-order valence-corrected chi connectivity index (χ3v) is 3.30. The van der Waals surface area contributed by atoms with Gasteiger partial charge in [0, 0.05) is 25.0 Å². The standard InChI is InChI=1S/C11H18N2O2S/c1-13(2)9-8-12-10-4-6-11(7-5-10)16(3,14)15/h4-7,12H,8-9H2,1-3H3. The number of nitrogens with zero attached hydrogens (tertiary/aromatic N) is 1. The Kier molecular flexibility index (Phi) is 4.32. The number of likely N-dealkylation sites (N-methyl/N-ethyl adjacent to an activating group) is 1. The Bertz CT molecular complexity index is 424. The highest BCUT2D eigenvalue weighted by Crippen LogP contribution is 2.13. The van der Waals surface area contributed by atoms with Gasteiger partial charge in [0.25, 0.3) is 0 Å². The maximum Gasteiger partial charge on any atom is 0.175 e. The summed E-state index contributed by atoms with van der Waals surface area (Å²) in [6.45, 7) is 1.78. The van der Waals surface area contributed by atoms with Gasteiger partial charge in [0.1, 0.15) is 0 Å². The molecule has 4 nitrogen and oxygen atoms in total. The average Bonchev–Trinajstić information content (AvgIpc) is 2.16. The van der Waals surface area contributed by atoms with Gasteiger partial charge < -0.3 is 10.2 Å². The van der Waals surface area contributed by atoms with Crippen molar-refractivity contribution in [2.75, 3.05) is 38.8 Å². The molecule has 0 amide bonds. The molecule has 0 unspecified atom stereocenters. The zero-order chi connectivity index (χ0) is 12.2. The number of rotatable bonds is 5. The predicted molar refractivity (Wildman–Crippen MR) is 66.6 cm³/mol. The second kappa shape index (κ2) is 5.32. The minimum Gasteiger partial charge on any atom is -0.384 e. The van der Waals surface area contributed by atoms with Gasteiger partial charge in [-0.15, -0.1) is 0 Å². The number of hydrogen-bond donors (Lipinski definition) is 1. The van der Waals surface area contributed by atoms with Crippen molar-refractivity contribution in [2.24, 2.45) is 0 Å². The highest BCUT2D eigenvalue weighted by atomic mass is 32.2. The van der Waals surface area contributed by atoms with Crippen molar-refractivity contribution in [1.82, 2.24) is 4.90 Å². The smallest absolute Gasteiger partial charge is 0.175 e. The van der Waals surface area contributed by atoms with Gasteiger partial charge in [0.05, 0.1) is 4.90 Å². The van der Waals surface area contributed by atoms with Crippen molar-refractivity contribution in [1.29, 1.82) is 0 Å². The van der Waals surface area contributed by atoms with Crippen LogP contribution in [0.3, 0.4) is 0 Å². The summed E-state index contributed by atoms with van der Waals surface area (Å²) in [5.41, 5.74) is 0.939. The zero-order valence-corrected chi connectivity index (χ0v) is 10.7. The molecule has 0 fully saturated rings. The largest absolute Gasteiger partial charge is 0.384 e. The van der Waals surface area contributed by atoms with Crippen molar-refractivity contribution in [3.8, 4) is 0 Å². The van der Waals surface area contributed by atoms with Crippen LogP contribution in [0, 0.1) is 0 Å². The molecule has 0 aliphatic carbocycles. The molecule has 1 aromatic carbocycles. The Balaban J connectivity index is 2.59. The van der Waals surface area contributed by atoms with Gasteiger partial charge in [-0.2, -0.15) is 0 Å². The summed E-state index contributed by atoms with van der Waals surface area (Å²) in [6.07, 6.45) is 1.21. The van der Waals surface area contributed by atoms with Gasteiger partial charge in [0.2, 0.25) is 0 Å². The number of nitrogens with one attached hydrogen (secondary N) is 1. The Morgan fingerprint density at radius 1 is 1.19 bits per heavy atom. The lowest BCUT2D eigenvalue weighted by Gasteiger charge is -2.11. The summed E-state index contributed by atoms with van der Waals surface area (Å²) in [7, 11) is 0.927. The van der Waals surface area contributed by atoms with Crippen LogP contribution in [0.2, 0.25) is 0 Å².